The summed E-state index contributed by atoms with van der Waals surface area (Å²) in [4.78, 5) is 28.1. The summed E-state index contributed by atoms with van der Waals surface area (Å²) in [6.07, 6.45) is 1.50. The van der Waals surface area contributed by atoms with Crippen LogP contribution in [-0.2, 0) is 16.1 Å². The summed E-state index contributed by atoms with van der Waals surface area (Å²) < 4.78 is 11.2. The number of thiophene rings is 1. The summed E-state index contributed by atoms with van der Waals surface area (Å²) in [7, 11) is 0. The molecule has 1 amide bonds. The Morgan fingerprint density at radius 1 is 1.17 bits per heavy atom. The van der Waals surface area contributed by atoms with Crippen molar-refractivity contribution >= 4 is 28.8 Å². The molecule has 0 aliphatic carbocycles. The number of aliphatic hydroxyl groups is 1. The predicted octanol–water partition coefficient (Wildman–Crippen LogP) is 4.75. The number of hydrogen-bond acceptors (Lipinski definition) is 6. The molecule has 154 valence electrons. The number of furan rings is 1. The summed E-state index contributed by atoms with van der Waals surface area (Å²) in [5, 5.41) is 12.9. The fraction of sp³-hybridized carbons (Fsp3) is 0.217. The number of ether oxygens (including phenoxy) is 1. The number of benzene rings is 1. The van der Waals surface area contributed by atoms with Gasteiger partial charge in [0, 0.05) is 10.4 Å². The average Bonchev–Trinajstić information content (AvgIpc) is 3.46. The van der Waals surface area contributed by atoms with Gasteiger partial charge in [-0.2, -0.15) is 0 Å². The van der Waals surface area contributed by atoms with Gasteiger partial charge in [-0.3, -0.25) is 9.59 Å². The fourth-order valence-electron chi connectivity index (χ4n) is 3.48. The van der Waals surface area contributed by atoms with Gasteiger partial charge in [-0.15, -0.1) is 11.3 Å². The van der Waals surface area contributed by atoms with Gasteiger partial charge in [-0.1, -0.05) is 6.07 Å². The molecule has 3 heterocycles. The van der Waals surface area contributed by atoms with Crippen molar-refractivity contribution in [1.82, 2.24) is 4.90 Å². The largest absolute Gasteiger partial charge is 0.507 e. The second-order valence-corrected chi connectivity index (χ2v) is 8.25. The first-order valence-electron chi connectivity index (χ1n) is 9.57. The lowest BCUT2D eigenvalue weighted by atomic mass is 9.99. The number of likely N-dealkylation sites (tertiary alicyclic amines) is 1. The van der Waals surface area contributed by atoms with E-state index in [1.165, 1.54) is 22.5 Å². The first-order valence-corrected chi connectivity index (χ1v) is 10.4. The maximum Gasteiger partial charge on any atom is 0.296 e. The molecule has 0 saturated carbocycles. The van der Waals surface area contributed by atoms with E-state index < -0.39 is 17.7 Å². The van der Waals surface area contributed by atoms with Gasteiger partial charge in [-0.05, 0) is 61.7 Å². The molecule has 6 nitrogen and oxygen atoms in total. The Bertz CT molecular complexity index is 1070. The molecule has 0 radical (unpaired) electrons. The van der Waals surface area contributed by atoms with Gasteiger partial charge < -0.3 is 19.2 Å². The Morgan fingerprint density at radius 3 is 2.53 bits per heavy atom. The van der Waals surface area contributed by atoms with Crippen molar-refractivity contribution < 1.29 is 23.8 Å². The zero-order valence-electron chi connectivity index (χ0n) is 16.6. The third-order valence-electron chi connectivity index (χ3n) is 4.76. The van der Waals surface area contributed by atoms with E-state index >= 15 is 0 Å². The number of carbonyl (C=O) groups is 2. The number of ketones is 1. The Morgan fingerprint density at radius 2 is 1.93 bits per heavy atom. The van der Waals surface area contributed by atoms with Crippen LogP contribution in [0.25, 0.3) is 5.76 Å². The van der Waals surface area contributed by atoms with E-state index in [2.05, 4.69) is 0 Å². The molecule has 1 aromatic carbocycles. The van der Waals surface area contributed by atoms with Crippen molar-refractivity contribution in [2.75, 3.05) is 0 Å². The highest BCUT2D eigenvalue weighted by Gasteiger charge is 2.47. The maximum atomic E-state index is 12.9. The summed E-state index contributed by atoms with van der Waals surface area (Å²) in [6.45, 7) is 4.10. The molecule has 1 atom stereocenters. The first-order chi connectivity index (χ1) is 14.5. The van der Waals surface area contributed by atoms with Crippen LogP contribution >= 0.6 is 11.3 Å². The van der Waals surface area contributed by atoms with Crippen molar-refractivity contribution in [3.05, 3.63) is 81.9 Å². The number of amides is 1. The molecule has 0 bridgehead atoms. The van der Waals surface area contributed by atoms with Crippen LogP contribution in [0.5, 0.6) is 5.75 Å². The van der Waals surface area contributed by atoms with Crippen LogP contribution in [0.1, 0.15) is 36.1 Å². The number of nitrogens with zero attached hydrogens (tertiary/aromatic N) is 1. The number of rotatable bonds is 6. The van der Waals surface area contributed by atoms with Crippen LogP contribution in [0, 0.1) is 0 Å². The molecular formula is C23H21NO5S. The number of aliphatic hydroxyl groups excluding tert-OH is 1. The monoisotopic (exact) mass is 423 g/mol. The number of hydrogen-bond donors (Lipinski definition) is 1. The van der Waals surface area contributed by atoms with Crippen LogP contribution in [0.15, 0.2) is 70.2 Å². The SMILES string of the molecule is CC(C)Oc1ccc(/C(O)=C2/C(=O)C(=O)N(Cc3cccs3)C2c2ccco2)cc1. The van der Waals surface area contributed by atoms with E-state index in [1.54, 1.807) is 36.4 Å². The molecule has 30 heavy (non-hydrogen) atoms. The summed E-state index contributed by atoms with van der Waals surface area (Å²) in [6, 6.07) is 13.2. The third-order valence-corrected chi connectivity index (χ3v) is 5.62. The molecule has 1 aliphatic rings. The molecule has 1 unspecified atom stereocenters. The molecule has 1 fully saturated rings. The standard InChI is InChI=1S/C23H21NO5S/c1-14(2)29-16-9-7-15(8-10-16)21(25)19-20(18-6-3-11-28-18)24(23(27)22(19)26)13-17-5-4-12-30-17/h3-12,14,20,25H,13H2,1-2H3/b21-19-. The van der Waals surface area contributed by atoms with Crippen molar-refractivity contribution in [2.45, 2.75) is 32.5 Å². The predicted molar refractivity (Wildman–Crippen MR) is 113 cm³/mol. The smallest absolute Gasteiger partial charge is 0.296 e. The highest BCUT2D eigenvalue weighted by atomic mass is 32.1. The second-order valence-electron chi connectivity index (χ2n) is 7.21. The van der Waals surface area contributed by atoms with E-state index in [0.29, 0.717) is 17.1 Å². The Hall–Kier alpha value is -3.32. The Labute approximate surface area is 178 Å². The maximum absolute atomic E-state index is 12.9. The molecule has 2 aromatic heterocycles. The van der Waals surface area contributed by atoms with E-state index in [1.807, 2.05) is 31.4 Å². The van der Waals surface area contributed by atoms with Gasteiger partial charge >= 0.3 is 0 Å². The Balaban J connectivity index is 1.76. The Kier molecular flexibility index (Phi) is 5.46. The lowest BCUT2D eigenvalue weighted by Crippen LogP contribution is -2.28. The van der Waals surface area contributed by atoms with Crippen LogP contribution in [0.2, 0.25) is 0 Å². The summed E-state index contributed by atoms with van der Waals surface area (Å²) in [5.41, 5.74) is 0.445. The van der Waals surface area contributed by atoms with Gasteiger partial charge in [0.15, 0.2) is 0 Å². The van der Waals surface area contributed by atoms with Crippen molar-refractivity contribution in [1.29, 1.82) is 0 Å². The minimum absolute atomic E-state index is 0.0176. The van der Waals surface area contributed by atoms with E-state index in [9.17, 15) is 14.7 Å². The molecular weight excluding hydrogens is 402 g/mol. The third kappa shape index (κ3) is 3.76. The first kappa shape index (κ1) is 20.0. The average molecular weight is 423 g/mol. The molecule has 3 aromatic rings. The molecule has 1 saturated heterocycles. The van der Waals surface area contributed by atoms with Crippen molar-refractivity contribution in [3.8, 4) is 5.75 Å². The molecule has 1 N–H and O–H groups in total. The second kappa shape index (κ2) is 8.20. The molecule has 4 rings (SSSR count). The number of carbonyl (C=O) groups excluding carboxylic acids is 2. The van der Waals surface area contributed by atoms with Gasteiger partial charge in [0.25, 0.3) is 11.7 Å². The van der Waals surface area contributed by atoms with Crippen molar-refractivity contribution in [3.63, 3.8) is 0 Å². The van der Waals surface area contributed by atoms with Crippen LogP contribution in [0.3, 0.4) is 0 Å². The summed E-state index contributed by atoms with van der Waals surface area (Å²) >= 11 is 1.50. The van der Waals surface area contributed by atoms with Crippen LogP contribution < -0.4 is 4.74 Å². The highest BCUT2D eigenvalue weighted by molar-refractivity contribution is 7.09. The summed E-state index contributed by atoms with van der Waals surface area (Å²) in [5.74, 6) is -0.548. The normalized spacial score (nSPS) is 18.4. The van der Waals surface area contributed by atoms with Gasteiger partial charge in [-0.25, -0.2) is 0 Å². The molecule has 0 spiro atoms. The lowest BCUT2D eigenvalue weighted by molar-refractivity contribution is -0.140. The minimum Gasteiger partial charge on any atom is -0.507 e. The van der Waals surface area contributed by atoms with Crippen LogP contribution in [0.4, 0.5) is 0 Å². The minimum atomic E-state index is -0.798. The van der Waals surface area contributed by atoms with Crippen molar-refractivity contribution in [2.24, 2.45) is 0 Å². The molecule has 7 heteroatoms. The number of Topliss-reactive ketones (excluding diaryl/α,β-unsaturated/α-hetero) is 1. The molecule has 1 aliphatic heterocycles. The van der Waals surface area contributed by atoms with Crippen LogP contribution in [-0.4, -0.2) is 27.8 Å². The zero-order valence-corrected chi connectivity index (χ0v) is 17.4. The quantitative estimate of drug-likeness (QED) is 0.352. The van der Waals surface area contributed by atoms with Gasteiger partial charge in [0.2, 0.25) is 0 Å². The van der Waals surface area contributed by atoms with Gasteiger partial charge in [0.05, 0.1) is 24.5 Å². The fourth-order valence-corrected chi connectivity index (χ4v) is 4.18. The van der Waals surface area contributed by atoms with E-state index in [0.717, 1.165) is 4.88 Å². The van der Waals surface area contributed by atoms with Gasteiger partial charge in [0.1, 0.15) is 23.3 Å². The highest BCUT2D eigenvalue weighted by Crippen LogP contribution is 2.40. The lowest BCUT2D eigenvalue weighted by Gasteiger charge is -2.22. The van der Waals surface area contributed by atoms with E-state index in [-0.39, 0.29) is 24.0 Å². The topological polar surface area (TPSA) is 80.0 Å². The van der Waals surface area contributed by atoms with E-state index in [4.69, 9.17) is 9.15 Å². The zero-order chi connectivity index (χ0) is 21.3.